The van der Waals surface area contributed by atoms with E-state index >= 15 is 0 Å². The molecule has 0 radical (unpaired) electrons. The van der Waals surface area contributed by atoms with Crippen molar-refractivity contribution in [1.29, 1.82) is 0 Å². The third kappa shape index (κ3) is 5.46. The minimum absolute atomic E-state index is 0.0641. The van der Waals surface area contributed by atoms with E-state index in [0.29, 0.717) is 4.90 Å². The van der Waals surface area contributed by atoms with E-state index in [9.17, 15) is 22.4 Å². The van der Waals surface area contributed by atoms with E-state index in [-0.39, 0.29) is 18.0 Å². The number of carbonyl (C=O) groups is 1. The fourth-order valence-corrected chi connectivity index (χ4v) is 1.73. The van der Waals surface area contributed by atoms with E-state index in [2.05, 4.69) is 0 Å². The summed E-state index contributed by atoms with van der Waals surface area (Å²) < 4.78 is 50.2. The monoisotopic (exact) mass is 297 g/mol. The number of hydrogen-bond acceptors (Lipinski definition) is 1. The number of alkyl halides is 4. The molecule has 0 aliphatic carbocycles. The Bertz CT molecular complexity index is 436. The first-order valence-electron chi connectivity index (χ1n) is 5.47. The summed E-state index contributed by atoms with van der Waals surface area (Å²) in [5, 5.41) is 0. The van der Waals surface area contributed by atoms with Crippen LogP contribution < -0.4 is 0 Å². The fraction of sp³-hybridized carbons (Fsp3) is 0.417. The smallest absolute Gasteiger partial charge is 0.332 e. The molecule has 0 bridgehead atoms. The van der Waals surface area contributed by atoms with Gasteiger partial charge in [-0.2, -0.15) is 13.2 Å². The standard InChI is InChI=1S/C12H12ClF4NO/c13-5-6-18(8-12(15,16)17)11(19)7-9-3-1-2-4-10(9)14/h1-4H,5-8H2. The van der Waals surface area contributed by atoms with E-state index in [1.165, 1.54) is 18.2 Å². The fourth-order valence-electron chi connectivity index (χ4n) is 1.53. The molecule has 1 amide bonds. The highest BCUT2D eigenvalue weighted by Crippen LogP contribution is 2.18. The third-order valence-corrected chi connectivity index (χ3v) is 2.55. The summed E-state index contributed by atoms with van der Waals surface area (Å²) in [6.07, 6.45) is -4.92. The molecule has 0 heterocycles. The Balaban J connectivity index is 2.75. The van der Waals surface area contributed by atoms with Crippen molar-refractivity contribution in [3.8, 4) is 0 Å². The second-order valence-electron chi connectivity index (χ2n) is 3.89. The second-order valence-corrected chi connectivity index (χ2v) is 4.27. The number of hydrogen-bond donors (Lipinski definition) is 0. The average Bonchev–Trinajstić information content (AvgIpc) is 2.30. The van der Waals surface area contributed by atoms with E-state index in [1.54, 1.807) is 0 Å². The summed E-state index contributed by atoms with van der Waals surface area (Å²) in [6, 6.07) is 5.47. The highest BCUT2D eigenvalue weighted by molar-refractivity contribution is 6.18. The Labute approximate surface area is 113 Å². The zero-order valence-electron chi connectivity index (χ0n) is 9.88. The minimum Gasteiger partial charge on any atom is -0.332 e. The third-order valence-electron chi connectivity index (χ3n) is 2.38. The predicted molar refractivity (Wildman–Crippen MR) is 63.5 cm³/mol. The molecule has 0 atom stereocenters. The van der Waals surface area contributed by atoms with Crippen LogP contribution in [0, 0.1) is 5.82 Å². The highest BCUT2D eigenvalue weighted by Gasteiger charge is 2.32. The molecule has 7 heteroatoms. The maximum Gasteiger partial charge on any atom is 0.406 e. The summed E-state index contributed by atoms with van der Waals surface area (Å²) >= 11 is 5.37. The number of amides is 1. The molecule has 0 aromatic heterocycles. The number of benzene rings is 1. The molecule has 1 aromatic rings. The topological polar surface area (TPSA) is 20.3 Å². The summed E-state index contributed by atoms with van der Waals surface area (Å²) in [4.78, 5) is 12.3. The van der Waals surface area contributed by atoms with Crippen molar-refractivity contribution in [2.45, 2.75) is 12.6 Å². The summed E-state index contributed by atoms with van der Waals surface area (Å²) in [6.45, 7) is -1.61. The minimum atomic E-state index is -4.50. The van der Waals surface area contributed by atoms with Crippen LogP contribution in [0.25, 0.3) is 0 Å². The van der Waals surface area contributed by atoms with Crippen LogP contribution in [-0.2, 0) is 11.2 Å². The first-order chi connectivity index (χ1) is 8.83. The number of halogens is 5. The van der Waals surface area contributed by atoms with Crippen molar-refractivity contribution < 1.29 is 22.4 Å². The summed E-state index contributed by atoms with van der Waals surface area (Å²) in [5.74, 6) is -1.53. The van der Waals surface area contributed by atoms with Crippen LogP contribution in [0.4, 0.5) is 17.6 Å². The van der Waals surface area contributed by atoms with Gasteiger partial charge in [0.2, 0.25) is 5.91 Å². The zero-order chi connectivity index (χ0) is 14.5. The van der Waals surface area contributed by atoms with Gasteiger partial charge in [0.25, 0.3) is 0 Å². The van der Waals surface area contributed by atoms with Crippen molar-refractivity contribution in [1.82, 2.24) is 4.90 Å². The van der Waals surface area contributed by atoms with Crippen molar-refractivity contribution in [3.63, 3.8) is 0 Å². The molecule has 1 rings (SSSR count). The lowest BCUT2D eigenvalue weighted by Crippen LogP contribution is -2.41. The molecule has 0 fully saturated rings. The van der Waals surface area contributed by atoms with Gasteiger partial charge in [-0.25, -0.2) is 4.39 Å². The number of rotatable bonds is 5. The first-order valence-corrected chi connectivity index (χ1v) is 6.01. The van der Waals surface area contributed by atoms with E-state index in [0.717, 1.165) is 6.07 Å². The largest absolute Gasteiger partial charge is 0.406 e. The van der Waals surface area contributed by atoms with Gasteiger partial charge in [0.05, 0.1) is 6.42 Å². The van der Waals surface area contributed by atoms with Crippen LogP contribution in [0.2, 0.25) is 0 Å². The molecule has 0 aliphatic rings. The first kappa shape index (κ1) is 15.8. The lowest BCUT2D eigenvalue weighted by molar-refractivity contribution is -0.160. The van der Waals surface area contributed by atoms with Crippen molar-refractivity contribution in [2.75, 3.05) is 19.0 Å². The van der Waals surface area contributed by atoms with Crippen LogP contribution in [0.3, 0.4) is 0 Å². The van der Waals surface area contributed by atoms with Gasteiger partial charge < -0.3 is 4.90 Å². The number of carbonyl (C=O) groups excluding carboxylic acids is 1. The molecule has 0 spiro atoms. The maximum absolute atomic E-state index is 13.3. The molecule has 106 valence electrons. The second kappa shape index (κ2) is 6.75. The van der Waals surface area contributed by atoms with Crippen LogP contribution in [0.5, 0.6) is 0 Å². The van der Waals surface area contributed by atoms with Crippen LogP contribution >= 0.6 is 11.6 Å². The van der Waals surface area contributed by atoms with Gasteiger partial charge >= 0.3 is 6.18 Å². The maximum atomic E-state index is 13.3. The molecule has 0 saturated carbocycles. The SMILES string of the molecule is O=C(Cc1ccccc1F)N(CCCl)CC(F)(F)F. The zero-order valence-corrected chi connectivity index (χ0v) is 10.6. The average molecular weight is 298 g/mol. The Hall–Kier alpha value is -1.30. The van der Waals surface area contributed by atoms with E-state index in [4.69, 9.17) is 11.6 Å². The molecule has 19 heavy (non-hydrogen) atoms. The van der Waals surface area contributed by atoms with Gasteiger partial charge in [-0.3, -0.25) is 4.79 Å². The predicted octanol–water partition coefficient (Wildman–Crippen LogP) is 3.00. The Morgan fingerprint density at radius 2 is 1.89 bits per heavy atom. The highest BCUT2D eigenvalue weighted by atomic mass is 35.5. The lowest BCUT2D eigenvalue weighted by atomic mass is 10.1. The van der Waals surface area contributed by atoms with Gasteiger partial charge in [0, 0.05) is 12.4 Å². The normalized spacial score (nSPS) is 11.4. The number of nitrogens with zero attached hydrogens (tertiary/aromatic N) is 1. The van der Waals surface area contributed by atoms with Gasteiger partial charge in [0.1, 0.15) is 12.4 Å². The molecule has 0 unspecified atom stereocenters. The Morgan fingerprint density at radius 3 is 2.42 bits per heavy atom. The molecular formula is C12H12ClF4NO. The molecular weight excluding hydrogens is 286 g/mol. The molecule has 2 nitrogen and oxygen atoms in total. The van der Waals surface area contributed by atoms with Crippen LogP contribution in [0.15, 0.2) is 24.3 Å². The molecule has 0 aliphatic heterocycles. The van der Waals surface area contributed by atoms with Gasteiger partial charge in [-0.15, -0.1) is 11.6 Å². The van der Waals surface area contributed by atoms with Crippen molar-refractivity contribution >= 4 is 17.5 Å². The van der Waals surface area contributed by atoms with E-state index < -0.39 is 30.9 Å². The van der Waals surface area contributed by atoms with Gasteiger partial charge in [0.15, 0.2) is 0 Å². The summed E-state index contributed by atoms with van der Waals surface area (Å²) in [5.41, 5.74) is 0.0641. The molecule has 0 saturated heterocycles. The van der Waals surface area contributed by atoms with Crippen molar-refractivity contribution in [3.05, 3.63) is 35.6 Å². The van der Waals surface area contributed by atoms with Crippen LogP contribution in [0.1, 0.15) is 5.56 Å². The quantitative estimate of drug-likeness (QED) is 0.604. The van der Waals surface area contributed by atoms with E-state index in [1.807, 2.05) is 0 Å². The Kier molecular flexibility index (Phi) is 5.60. The lowest BCUT2D eigenvalue weighted by Gasteiger charge is -2.23. The van der Waals surface area contributed by atoms with Gasteiger partial charge in [-0.05, 0) is 11.6 Å². The molecule has 1 aromatic carbocycles. The van der Waals surface area contributed by atoms with Gasteiger partial charge in [-0.1, -0.05) is 18.2 Å². The Morgan fingerprint density at radius 1 is 1.26 bits per heavy atom. The molecule has 0 N–H and O–H groups in total. The van der Waals surface area contributed by atoms with Crippen molar-refractivity contribution in [2.24, 2.45) is 0 Å². The van der Waals surface area contributed by atoms with Crippen LogP contribution in [-0.4, -0.2) is 36.0 Å². The summed E-state index contributed by atoms with van der Waals surface area (Å²) in [7, 11) is 0.